The highest BCUT2D eigenvalue weighted by Crippen LogP contribution is 2.20. The van der Waals surface area contributed by atoms with Gasteiger partial charge < -0.3 is 5.32 Å². The minimum Gasteiger partial charge on any atom is -0.329 e. The van der Waals surface area contributed by atoms with Crippen molar-refractivity contribution >= 4 is 12.1 Å². The maximum atomic E-state index is 10.2. The summed E-state index contributed by atoms with van der Waals surface area (Å²) in [5.74, 6) is 0. The molecule has 0 radical (unpaired) electrons. The number of carbonyl (C=O) groups excluding carboxylic acids is 1. The molecule has 0 aliphatic heterocycles. The molecule has 0 aliphatic carbocycles. The predicted molar refractivity (Wildman–Crippen MR) is 64.1 cm³/mol. The third-order valence-corrected chi connectivity index (χ3v) is 2.36. The monoisotopic (exact) mass is 212 g/mol. The van der Waals surface area contributed by atoms with Crippen LogP contribution in [0.2, 0.25) is 0 Å². The molecule has 2 rings (SSSR count). The first kappa shape index (κ1) is 10.4. The highest BCUT2D eigenvalue weighted by molar-refractivity contribution is 5.73. The molecular formula is C13H12N2O. The Bertz CT molecular complexity index is 474. The molecule has 0 saturated heterocycles. The van der Waals surface area contributed by atoms with E-state index in [4.69, 9.17) is 0 Å². The van der Waals surface area contributed by atoms with Gasteiger partial charge >= 0.3 is 0 Å². The molecule has 1 aromatic heterocycles. The Morgan fingerprint density at radius 3 is 2.31 bits per heavy atom. The molecule has 1 amide bonds. The van der Waals surface area contributed by atoms with E-state index in [1.54, 1.807) is 0 Å². The maximum Gasteiger partial charge on any atom is 0.211 e. The molecule has 0 aliphatic rings. The van der Waals surface area contributed by atoms with Gasteiger partial charge in [0.2, 0.25) is 6.41 Å². The van der Waals surface area contributed by atoms with E-state index in [0.29, 0.717) is 6.41 Å². The third-order valence-electron chi connectivity index (χ3n) is 2.36. The van der Waals surface area contributed by atoms with Crippen molar-refractivity contribution in [2.75, 3.05) is 5.32 Å². The van der Waals surface area contributed by atoms with Gasteiger partial charge in [0.05, 0.1) is 0 Å². The number of nitrogens with one attached hydrogen (secondary N) is 1. The van der Waals surface area contributed by atoms with E-state index in [1.807, 2.05) is 49.5 Å². The van der Waals surface area contributed by atoms with Crippen LogP contribution in [0.1, 0.15) is 5.69 Å². The number of rotatable bonds is 3. The van der Waals surface area contributed by atoms with Crippen molar-refractivity contribution < 1.29 is 4.79 Å². The van der Waals surface area contributed by atoms with Gasteiger partial charge in [-0.3, -0.25) is 9.78 Å². The molecule has 3 heteroatoms. The van der Waals surface area contributed by atoms with Crippen molar-refractivity contribution in [3.63, 3.8) is 0 Å². The molecule has 0 spiro atoms. The largest absolute Gasteiger partial charge is 0.329 e. The standard InChI is InChI=1S/C13H12N2O/c1-10-2-3-12(8-14-10)11-4-6-13(7-5-11)15-9-16/h2-9H,1H3,(H,15,16). The second-order valence-corrected chi connectivity index (χ2v) is 3.53. The summed E-state index contributed by atoms with van der Waals surface area (Å²) < 4.78 is 0. The van der Waals surface area contributed by atoms with Crippen LogP contribution in [0.5, 0.6) is 0 Å². The van der Waals surface area contributed by atoms with Crippen molar-refractivity contribution in [1.82, 2.24) is 4.98 Å². The van der Waals surface area contributed by atoms with Crippen molar-refractivity contribution in [2.24, 2.45) is 0 Å². The molecule has 80 valence electrons. The van der Waals surface area contributed by atoms with Crippen LogP contribution < -0.4 is 5.32 Å². The number of pyridine rings is 1. The molecule has 0 atom stereocenters. The summed E-state index contributed by atoms with van der Waals surface area (Å²) in [4.78, 5) is 14.5. The summed E-state index contributed by atoms with van der Waals surface area (Å²) in [5, 5.41) is 2.60. The minimum atomic E-state index is 0.669. The molecule has 1 heterocycles. The number of nitrogens with zero attached hydrogens (tertiary/aromatic N) is 1. The number of aromatic nitrogens is 1. The summed E-state index contributed by atoms with van der Waals surface area (Å²) in [6.07, 6.45) is 2.51. The Morgan fingerprint density at radius 2 is 1.75 bits per heavy atom. The third kappa shape index (κ3) is 2.25. The molecule has 0 bridgehead atoms. The van der Waals surface area contributed by atoms with Gasteiger partial charge in [0, 0.05) is 23.1 Å². The molecule has 0 fully saturated rings. The summed E-state index contributed by atoms with van der Waals surface area (Å²) in [5.41, 5.74) is 3.95. The first-order chi connectivity index (χ1) is 7.79. The van der Waals surface area contributed by atoms with Crippen LogP contribution in [0, 0.1) is 6.92 Å². The van der Waals surface area contributed by atoms with Crippen molar-refractivity contribution in [3.05, 3.63) is 48.3 Å². The number of anilines is 1. The van der Waals surface area contributed by atoms with Crippen LogP contribution in [0.25, 0.3) is 11.1 Å². The lowest BCUT2D eigenvalue weighted by Crippen LogP contribution is -1.92. The Morgan fingerprint density at radius 1 is 1.06 bits per heavy atom. The summed E-state index contributed by atoms with van der Waals surface area (Å²) in [7, 11) is 0. The minimum absolute atomic E-state index is 0.669. The van der Waals surface area contributed by atoms with Gasteiger partial charge in [-0.1, -0.05) is 18.2 Å². The van der Waals surface area contributed by atoms with Gasteiger partial charge in [0.15, 0.2) is 0 Å². The highest BCUT2D eigenvalue weighted by Gasteiger charge is 1.97. The number of amides is 1. The topological polar surface area (TPSA) is 42.0 Å². The molecule has 0 saturated carbocycles. The van der Waals surface area contributed by atoms with Gasteiger partial charge in [-0.05, 0) is 30.7 Å². The van der Waals surface area contributed by atoms with E-state index < -0.39 is 0 Å². The molecule has 3 nitrogen and oxygen atoms in total. The zero-order valence-corrected chi connectivity index (χ0v) is 8.97. The van der Waals surface area contributed by atoms with E-state index in [2.05, 4.69) is 10.3 Å². The second-order valence-electron chi connectivity index (χ2n) is 3.53. The molecular weight excluding hydrogens is 200 g/mol. The van der Waals surface area contributed by atoms with Crippen molar-refractivity contribution in [2.45, 2.75) is 6.92 Å². The molecule has 0 unspecified atom stereocenters. The van der Waals surface area contributed by atoms with Gasteiger partial charge in [-0.25, -0.2) is 0 Å². The zero-order valence-electron chi connectivity index (χ0n) is 8.97. The lowest BCUT2D eigenvalue weighted by molar-refractivity contribution is -0.105. The van der Waals surface area contributed by atoms with Gasteiger partial charge in [-0.2, -0.15) is 0 Å². The summed E-state index contributed by atoms with van der Waals surface area (Å²) in [6.45, 7) is 1.96. The van der Waals surface area contributed by atoms with Crippen LogP contribution in [-0.4, -0.2) is 11.4 Å². The Kier molecular flexibility index (Phi) is 2.96. The smallest absolute Gasteiger partial charge is 0.211 e. The van der Waals surface area contributed by atoms with Gasteiger partial charge in [-0.15, -0.1) is 0 Å². The van der Waals surface area contributed by atoms with Gasteiger partial charge in [0.1, 0.15) is 0 Å². The maximum absolute atomic E-state index is 10.2. The van der Waals surface area contributed by atoms with E-state index in [0.717, 1.165) is 22.5 Å². The number of carbonyl (C=O) groups is 1. The number of hydrogen-bond donors (Lipinski definition) is 1. The second kappa shape index (κ2) is 4.57. The van der Waals surface area contributed by atoms with Crippen molar-refractivity contribution in [1.29, 1.82) is 0 Å². The fourth-order valence-corrected chi connectivity index (χ4v) is 1.47. The fourth-order valence-electron chi connectivity index (χ4n) is 1.47. The molecule has 16 heavy (non-hydrogen) atoms. The van der Waals surface area contributed by atoms with Crippen molar-refractivity contribution in [3.8, 4) is 11.1 Å². The SMILES string of the molecule is Cc1ccc(-c2ccc(NC=O)cc2)cn1. The average molecular weight is 212 g/mol. The Labute approximate surface area is 94.1 Å². The predicted octanol–water partition coefficient (Wildman–Crippen LogP) is 2.63. The van der Waals surface area contributed by atoms with E-state index in [-0.39, 0.29) is 0 Å². The Balaban J connectivity index is 2.27. The zero-order chi connectivity index (χ0) is 11.4. The quantitative estimate of drug-likeness (QED) is 0.794. The van der Waals surface area contributed by atoms with E-state index in [9.17, 15) is 4.79 Å². The number of benzene rings is 1. The lowest BCUT2D eigenvalue weighted by atomic mass is 10.1. The van der Waals surface area contributed by atoms with Crippen LogP contribution in [0.3, 0.4) is 0 Å². The molecule has 2 aromatic rings. The van der Waals surface area contributed by atoms with Crippen LogP contribution in [0.15, 0.2) is 42.6 Å². The highest BCUT2D eigenvalue weighted by atomic mass is 16.1. The fraction of sp³-hybridized carbons (Fsp3) is 0.0769. The molecule has 1 N–H and O–H groups in total. The van der Waals surface area contributed by atoms with E-state index >= 15 is 0 Å². The van der Waals surface area contributed by atoms with Crippen LogP contribution >= 0.6 is 0 Å². The normalized spacial score (nSPS) is 9.81. The molecule has 1 aromatic carbocycles. The van der Waals surface area contributed by atoms with Crippen LogP contribution in [0.4, 0.5) is 5.69 Å². The number of hydrogen-bond acceptors (Lipinski definition) is 2. The first-order valence-electron chi connectivity index (χ1n) is 5.03. The summed E-state index contributed by atoms with van der Waals surface area (Å²) in [6, 6.07) is 11.7. The van der Waals surface area contributed by atoms with E-state index in [1.165, 1.54) is 0 Å². The Hall–Kier alpha value is -2.16. The lowest BCUT2D eigenvalue weighted by Gasteiger charge is -2.03. The average Bonchev–Trinajstić information content (AvgIpc) is 2.32. The van der Waals surface area contributed by atoms with Gasteiger partial charge in [0.25, 0.3) is 0 Å². The number of aryl methyl sites for hydroxylation is 1. The first-order valence-corrected chi connectivity index (χ1v) is 5.03. The van der Waals surface area contributed by atoms with Crippen LogP contribution in [-0.2, 0) is 4.79 Å². The summed E-state index contributed by atoms with van der Waals surface area (Å²) >= 11 is 0.